The Morgan fingerprint density at radius 2 is 1.96 bits per heavy atom. The van der Waals surface area contributed by atoms with Crippen molar-refractivity contribution in [1.29, 1.82) is 0 Å². The highest BCUT2D eigenvalue weighted by Crippen LogP contribution is 2.22. The molecule has 2 unspecified atom stereocenters. The van der Waals surface area contributed by atoms with E-state index in [0.29, 0.717) is 12.4 Å². The molecule has 0 aliphatic carbocycles. The number of anilines is 1. The van der Waals surface area contributed by atoms with Crippen molar-refractivity contribution in [3.63, 3.8) is 0 Å². The number of likely N-dealkylation sites (tertiary alicyclic amines) is 1. The van der Waals surface area contributed by atoms with Gasteiger partial charge in [0.2, 0.25) is 11.8 Å². The number of carbonyl (C=O) groups excluding carboxylic acids is 2. The number of carbonyl (C=O) groups is 2. The van der Waals surface area contributed by atoms with Gasteiger partial charge in [-0.2, -0.15) is 0 Å². The number of nitrogens with one attached hydrogen (secondary N) is 2. The first kappa shape index (κ1) is 22.7. The first-order valence-corrected chi connectivity index (χ1v) is 8.87. The van der Waals surface area contributed by atoms with Crippen molar-refractivity contribution in [3.05, 3.63) is 23.9 Å². The Hall–Kier alpha value is -1.37. The topological polar surface area (TPSA) is 74.3 Å². The summed E-state index contributed by atoms with van der Waals surface area (Å²) in [5, 5.41) is 6.18. The monoisotopic (exact) mass is 402 g/mol. The van der Waals surface area contributed by atoms with Crippen LogP contribution in [0.5, 0.6) is 0 Å². The molecular weight excluding hydrogens is 375 g/mol. The van der Waals surface area contributed by atoms with Gasteiger partial charge < -0.3 is 15.5 Å². The third-order valence-electron chi connectivity index (χ3n) is 4.89. The standard InChI is InChI=1S/C18H26N4O2.2ClH/c1-13-5-2-8-16(20-13)21-17(23)15-7-4-10-22(12-15)18(24)14-6-3-9-19-11-14;;/h2,5,8,14-15,19H,3-4,6-7,9-12H2,1H3,(H,20,21,23);2*1H. The van der Waals surface area contributed by atoms with Crippen molar-refractivity contribution < 1.29 is 9.59 Å². The fraction of sp³-hybridized carbons (Fsp3) is 0.611. The summed E-state index contributed by atoms with van der Waals surface area (Å²) in [4.78, 5) is 31.4. The zero-order valence-corrected chi connectivity index (χ0v) is 16.7. The van der Waals surface area contributed by atoms with E-state index in [1.54, 1.807) is 6.07 Å². The lowest BCUT2D eigenvalue weighted by Crippen LogP contribution is -2.48. The van der Waals surface area contributed by atoms with Crippen LogP contribution in [0.2, 0.25) is 0 Å². The maximum absolute atomic E-state index is 12.7. The van der Waals surface area contributed by atoms with Crippen LogP contribution in [0, 0.1) is 18.8 Å². The number of nitrogens with zero attached hydrogens (tertiary/aromatic N) is 2. The van der Waals surface area contributed by atoms with Gasteiger partial charge in [0.1, 0.15) is 5.82 Å². The Morgan fingerprint density at radius 3 is 2.65 bits per heavy atom. The van der Waals surface area contributed by atoms with Gasteiger partial charge in [0.25, 0.3) is 0 Å². The third-order valence-corrected chi connectivity index (χ3v) is 4.89. The molecule has 1 aromatic rings. The molecule has 6 nitrogen and oxygen atoms in total. The fourth-order valence-electron chi connectivity index (χ4n) is 3.55. The fourth-order valence-corrected chi connectivity index (χ4v) is 3.55. The molecule has 2 aliphatic rings. The summed E-state index contributed by atoms with van der Waals surface area (Å²) in [5.41, 5.74) is 0.873. The molecular formula is C18H28Cl2N4O2. The van der Waals surface area contributed by atoms with E-state index < -0.39 is 0 Å². The van der Waals surface area contributed by atoms with Crippen LogP contribution in [-0.2, 0) is 9.59 Å². The second kappa shape index (κ2) is 10.7. The van der Waals surface area contributed by atoms with Gasteiger partial charge in [0.15, 0.2) is 0 Å². The highest BCUT2D eigenvalue weighted by Gasteiger charge is 2.32. The quantitative estimate of drug-likeness (QED) is 0.813. The predicted molar refractivity (Wildman–Crippen MR) is 107 cm³/mol. The largest absolute Gasteiger partial charge is 0.342 e. The van der Waals surface area contributed by atoms with Gasteiger partial charge in [0, 0.05) is 25.3 Å². The van der Waals surface area contributed by atoms with E-state index in [-0.39, 0.29) is 48.5 Å². The Labute approximate surface area is 167 Å². The minimum Gasteiger partial charge on any atom is -0.342 e. The molecule has 2 fully saturated rings. The summed E-state index contributed by atoms with van der Waals surface area (Å²) in [6, 6.07) is 5.57. The van der Waals surface area contributed by atoms with E-state index in [1.807, 2.05) is 24.0 Å². The molecule has 146 valence electrons. The smallest absolute Gasteiger partial charge is 0.230 e. The second-order valence-corrected chi connectivity index (χ2v) is 6.82. The van der Waals surface area contributed by atoms with Crippen molar-refractivity contribution in [2.45, 2.75) is 32.6 Å². The molecule has 2 N–H and O–H groups in total. The highest BCUT2D eigenvalue weighted by molar-refractivity contribution is 5.92. The maximum Gasteiger partial charge on any atom is 0.230 e. The van der Waals surface area contributed by atoms with E-state index in [2.05, 4.69) is 15.6 Å². The van der Waals surface area contributed by atoms with Crippen molar-refractivity contribution in [2.75, 3.05) is 31.5 Å². The number of rotatable bonds is 3. The molecule has 0 radical (unpaired) electrons. The summed E-state index contributed by atoms with van der Waals surface area (Å²) < 4.78 is 0. The number of pyridine rings is 1. The molecule has 3 rings (SSSR count). The molecule has 2 atom stereocenters. The predicted octanol–water partition coefficient (Wildman–Crippen LogP) is 2.41. The summed E-state index contributed by atoms with van der Waals surface area (Å²) in [5.74, 6) is 0.668. The van der Waals surface area contributed by atoms with E-state index in [1.165, 1.54) is 0 Å². The Morgan fingerprint density at radius 1 is 1.19 bits per heavy atom. The molecule has 2 saturated heterocycles. The SMILES string of the molecule is Cc1cccc(NC(=O)C2CCCN(C(=O)C3CCCNC3)C2)n1.Cl.Cl. The minimum atomic E-state index is -0.151. The minimum absolute atomic E-state index is 0. The van der Waals surface area contributed by atoms with Gasteiger partial charge in [-0.1, -0.05) is 6.07 Å². The van der Waals surface area contributed by atoms with Crippen molar-refractivity contribution in [1.82, 2.24) is 15.2 Å². The summed E-state index contributed by atoms with van der Waals surface area (Å²) in [6.45, 7) is 4.95. The zero-order valence-electron chi connectivity index (χ0n) is 15.1. The number of piperidine rings is 2. The van der Waals surface area contributed by atoms with Crippen LogP contribution in [0.15, 0.2) is 18.2 Å². The first-order valence-electron chi connectivity index (χ1n) is 8.87. The average Bonchev–Trinajstić information content (AvgIpc) is 2.62. The second-order valence-electron chi connectivity index (χ2n) is 6.82. The number of amides is 2. The normalized spacial score (nSPS) is 22.6. The molecule has 0 bridgehead atoms. The van der Waals surface area contributed by atoms with Crippen LogP contribution in [0.3, 0.4) is 0 Å². The Kier molecular flexibility index (Phi) is 9.33. The van der Waals surface area contributed by atoms with Crippen molar-refractivity contribution in [3.8, 4) is 0 Å². The maximum atomic E-state index is 12.7. The average molecular weight is 403 g/mol. The van der Waals surface area contributed by atoms with Crippen LogP contribution in [0.4, 0.5) is 5.82 Å². The molecule has 3 heterocycles. The third kappa shape index (κ3) is 5.83. The highest BCUT2D eigenvalue weighted by atomic mass is 35.5. The number of halogens is 2. The number of hydrogen-bond acceptors (Lipinski definition) is 4. The van der Waals surface area contributed by atoms with E-state index >= 15 is 0 Å². The Bertz CT molecular complexity index is 609. The van der Waals surface area contributed by atoms with Gasteiger partial charge >= 0.3 is 0 Å². The molecule has 0 spiro atoms. The molecule has 2 amide bonds. The van der Waals surface area contributed by atoms with Gasteiger partial charge in [-0.25, -0.2) is 4.98 Å². The molecule has 0 aromatic carbocycles. The van der Waals surface area contributed by atoms with Crippen LogP contribution in [0.25, 0.3) is 0 Å². The molecule has 2 aliphatic heterocycles. The van der Waals surface area contributed by atoms with E-state index in [9.17, 15) is 9.59 Å². The number of hydrogen-bond donors (Lipinski definition) is 2. The zero-order chi connectivity index (χ0) is 16.9. The van der Waals surface area contributed by atoms with Gasteiger partial charge in [-0.3, -0.25) is 9.59 Å². The van der Waals surface area contributed by atoms with Crippen LogP contribution in [-0.4, -0.2) is 47.9 Å². The van der Waals surface area contributed by atoms with Gasteiger partial charge in [-0.05, 0) is 51.3 Å². The van der Waals surface area contributed by atoms with Crippen LogP contribution >= 0.6 is 24.8 Å². The molecule has 26 heavy (non-hydrogen) atoms. The molecule has 1 aromatic heterocycles. The lowest BCUT2D eigenvalue weighted by molar-refractivity contribution is -0.139. The van der Waals surface area contributed by atoms with Gasteiger partial charge in [-0.15, -0.1) is 24.8 Å². The first-order chi connectivity index (χ1) is 11.6. The van der Waals surface area contributed by atoms with Crippen LogP contribution in [0.1, 0.15) is 31.4 Å². The van der Waals surface area contributed by atoms with E-state index in [4.69, 9.17) is 0 Å². The molecule has 0 saturated carbocycles. The lowest BCUT2D eigenvalue weighted by Gasteiger charge is -2.35. The Balaban J connectivity index is 0.00000169. The molecule has 8 heteroatoms. The number of aromatic nitrogens is 1. The van der Waals surface area contributed by atoms with Crippen molar-refractivity contribution >= 4 is 42.4 Å². The van der Waals surface area contributed by atoms with Gasteiger partial charge in [0.05, 0.1) is 11.8 Å². The number of aryl methyl sites for hydroxylation is 1. The van der Waals surface area contributed by atoms with Crippen LogP contribution < -0.4 is 10.6 Å². The summed E-state index contributed by atoms with van der Waals surface area (Å²) in [7, 11) is 0. The lowest BCUT2D eigenvalue weighted by atomic mass is 9.93. The summed E-state index contributed by atoms with van der Waals surface area (Å²) >= 11 is 0. The van der Waals surface area contributed by atoms with E-state index in [0.717, 1.165) is 51.0 Å². The summed E-state index contributed by atoms with van der Waals surface area (Å²) in [6.07, 6.45) is 3.70. The van der Waals surface area contributed by atoms with Crippen molar-refractivity contribution in [2.24, 2.45) is 11.8 Å².